The Balaban J connectivity index is 1.98. The number of Topliss-reactive ketones (excluding diaryl/α,β-unsaturated/α-hetero) is 1. The molecule has 2 aromatic rings. The van der Waals surface area contributed by atoms with E-state index in [1.165, 1.54) is 24.3 Å². The van der Waals surface area contributed by atoms with Crippen LogP contribution < -0.4 is 0 Å². The summed E-state index contributed by atoms with van der Waals surface area (Å²) in [5.41, 5.74) is 1.14. The minimum absolute atomic E-state index is 0.0913. The number of amides is 1. The van der Waals surface area contributed by atoms with E-state index in [0.29, 0.717) is 24.1 Å². The van der Waals surface area contributed by atoms with E-state index in [2.05, 4.69) is 0 Å². The van der Waals surface area contributed by atoms with Crippen LogP contribution in [0.2, 0.25) is 0 Å². The summed E-state index contributed by atoms with van der Waals surface area (Å²) in [4.78, 5) is 29.2. The number of likely N-dealkylation sites (tertiary alicyclic amines) is 1. The van der Waals surface area contributed by atoms with Gasteiger partial charge >= 0.3 is 0 Å². The standard InChI is InChI=1S/C24H24F2N2O2/c1-27(2)12-11-23(29)28-15-19(13-17-7-3-5-9-21(17)25)24(30)20(16-28)14-18-8-4-6-10-22(18)26/h3-10,13-14H,11-12,15-16H2,1-2H3/b19-13+,20-14+. The normalized spacial score (nSPS) is 17.2. The average Bonchev–Trinajstić information content (AvgIpc) is 2.72. The first-order valence-electron chi connectivity index (χ1n) is 9.72. The number of hydrogen-bond donors (Lipinski definition) is 0. The zero-order valence-corrected chi connectivity index (χ0v) is 17.1. The van der Waals surface area contributed by atoms with Crippen LogP contribution in [0.4, 0.5) is 8.78 Å². The van der Waals surface area contributed by atoms with Crippen LogP contribution in [0.1, 0.15) is 17.5 Å². The van der Waals surface area contributed by atoms with Crippen molar-refractivity contribution in [1.82, 2.24) is 9.80 Å². The van der Waals surface area contributed by atoms with Gasteiger partial charge in [-0.3, -0.25) is 9.59 Å². The molecule has 0 unspecified atom stereocenters. The molecule has 1 aliphatic rings. The second-order valence-electron chi connectivity index (χ2n) is 7.51. The predicted molar refractivity (Wildman–Crippen MR) is 114 cm³/mol. The van der Waals surface area contributed by atoms with Gasteiger partial charge in [0, 0.05) is 48.3 Å². The summed E-state index contributed by atoms with van der Waals surface area (Å²) >= 11 is 0. The van der Waals surface area contributed by atoms with Gasteiger partial charge in [-0.25, -0.2) is 8.78 Å². The van der Waals surface area contributed by atoms with Gasteiger partial charge in [0.05, 0.1) is 0 Å². The smallest absolute Gasteiger partial charge is 0.224 e. The number of carbonyl (C=O) groups excluding carboxylic acids is 2. The van der Waals surface area contributed by atoms with E-state index in [4.69, 9.17) is 0 Å². The zero-order chi connectivity index (χ0) is 21.7. The molecule has 1 fully saturated rings. The van der Waals surface area contributed by atoms with E-state index >= 15 is 0 Å². The Labute approximate surface area is 175 Å². The first-order chi connectivity index (χ1) is 14.3. The molecular weight excluding hydrogens is 386 g/mol. The third-order valence-corrected chi connectivity index (χ3v) is 4.90. The topological polar surface area (TPSA) is 40.6 Å². The van der Waals surface area contributed by atoms with E-state index in [0.717, 1.165) is 0 Å². The number of carbonyl (C=O) groups is 2. The summed E-state index contributed by atoms with van der Waals surface area (Å²) in [6, 6.07) is 12.3. The molecule has 0 aromatic heterocycles. The molecule has 1 heterocycles. The van der Waals surface area contributed by atoms with Crippen molar-refractivity contribution in [2.45, 2.75) is 6.42 Å². The fourth-order valence-electron chi connectivity index (χ4n) is 3.25. The lowest BCUT2D eigenvalue weighted by Crippen LogP contribution is -2.42. The van der Waals surface area contributed by atoms with Crippen LogP contribution >= 0.6 is 0 Å². The van der Waals surface area contributed by atoms with Gasteiger partial charge in [0.15, 0.2) is 5.78 Å². The van der Waals surface area contributed by atoms with Crippen LogP contribution in [-0.4, -0.2) is 55.2 Å². The van der Waals surface area contributed by atoms with Gasteiger partial charge in [-0.1, -0.05) is 36.4 Å². The molecule has 1 saturated heterocycles. The number of piperidine rings is 1. The van der Waals surface area contributed by atoms with Crippen molar-refractivity contribution in [3.63, 3.8) is 0 Å². The third-order valence-electron chi connectivity index (χ3n) is 4.90. The Kier molecular flexibility index (Phi) is 6.90. The molecule has 1 aliphatic heterocycles. The number of nitrogens with zero attached hydrogens (tertiary/aromatic N) is 2. The molecule has 156 valence electrons. The zero-order valence-electron chi connectivity index (χ0n) is 17.1. The highest BCUT2D eigenvalue weighted by molar-refractivity contribution is 6.15. The van der Waals surface area contributed by atoms with Crippen LogP contribution in [-0.2, 0) is 9.59 Å². The number of halogens is 2. The van der Waals surface area contributed by atoms with Crippen LogP contribution in [0.15, 0.2) is 59.7 Å². The number of rotatable bonds is 5. The number of hydrogen-bond acceptors (Lipinski definition) is 3. The van der Waals surface area contributed by atoms with Gasteiger partial charge in [0.1, 0.15) is 11.6 Å². The lowest BCUT2D eigenvalue weighted by Gasteiger charge is -2.30. The predicted octanol–water partition coefficient (Wildman–Crippen LogP) is 3.79. The van der Waals surface area contributed by atoms with Crippen LogP contribution in [0, 0.1) is 11.6 Å². The molecular formula is C24H24F2N2O2. The maximum absolute atomic E-state index is 14.1. The number of benzene rings is 2. The molecule has 2 aromatic carbocycles. The quantitative estimate of drug-likeness (QED) is 0.704. The highest BCUT2D eigenvalue weighted by Gasteiger charge is 2.29. The highest BCUT2D eigenvalue weighted by atomic mass is 19.1. The maximum Gasteiger partial charge on any atom is 0.224 e. The molecule has 0 spiro atoms. The van der Waals surface area contributed by atoms with Crippen molar-refractivity contribution in [2.24, 2.45) is 0 Å². The maximum atomic E-state index is 14.1. The Morgan fingerprint density at radius 3 is 1.83 bits per heavy atom. The van der Waals surface area contributed by atoms with Crippen molar-refractivity contribution < 1.29 is 18.4 Å². The fraction of sp³-hybridized carbons (Fsp3) is 0.250. The van der Waals surface area contributed by atoms with E-state index < -0.39 is 11.6 Å². The van der Waals surface area contributed by atoms with Crippen LogP contribution in [0.3, 0.4) is 0 Å². The molecule has 4 nitrogen and oxygen atoms in total. The Bertz CT molecular complexity index is 944. The Morgan fingerprint density at radius 2 is 1.40 bits per heavy atom. The van der Waals surface area contributed by atoms with Crippen LogP contribution in [0.5, 0.6) is 0 Å². The van der Waals surface area contributed by atoms with Gasteiger partial charge in [0.25, 0.3) is 0 Å². The highest BCUT2D eigenvalue weighted by Crippen LogP contribution is 2.24. The van der Waals surface area contributed by atoms with Crippen LogP contribution in [0.25, 0.3) is 12.2 Å². The Hall–Kier alpha value is -3.12. The van der Waals surface area contributed by atoms with Crippen molar-refractivity contribution in [3.05, 3.63) is 82.4 Å². The second kappa shape index (κ2) is 9.59. The first-order valence-corrected chi connectivity index (χ1v) is 9.72. The average molecular weight is 410 g/mol. The lowest BCUT2D eigenvalue weighted by atomic mass is 9.93. The summed E-state index contributed by atoms with van der Waals surface area (Å²) in [5, 5.41) is 0. The van der Waals surface area contributed by atoms with Crippen molar-refractivity contribution >= 4 is 23.8 Å². The molecule has 3 rings (SSSR count). The summed E-state index contributed by atoms with van der Waals surface area (Å²) in [5.74, 6) is -1.32. The largest absolute Gasteiger partial charge is 0.334 e. The van der Waals surface area contributed by atoms with Gasteiger partial charge in [-0.2, -0.15) is 0 Å². The lowest BCUT2D eigenvalue weighted by molar-refractivity contribution is -0.131. The molecule has 0 atom stereocenters. The molecule has 0 bridgehead atoms. The molecule has 30 heavy (non-hydrogen) atoms. The molecule has 0 aliphatic carbocycles. The molecule has 1 amide bonds. The second-order valence-corrected chi connectivity index (χ2v) is 7.51. The van der Waals surface area contributed by atoms with Gasteiger partial charge in [0.2, 0.25) is 5.91 Å². The summed E-state index contributed by atoms with van der Waals surface area (Å²) in [7, 11) is 3.75. The molecule has 6 heteroatoms. The third kappa shape index (κ3) is 5.27. The minimum atomic E-state index is -0.450. The van der Waals surface area contributed by atoms with Crippen molar-refractivity contribution in [2.75, 3.05) is 33.7 Å². The summed E-state index contributed by atoms with van der Waals surface area (Å²) in [6.07, 6.45) is 3.23. The van der Waals surface area contributed by atoms with Gasteiger partial charge in [-0.05, 0) is 38.4 Å². The van der Waals surface area contributed by atoms with E-state index in [-0.39, 0.29) is 35.9 Å². The van der Waals surface area contributed by atoms with Crippen molar-refractivity contribution in [1.29, 1.82) is 0 Å². The molecule has 0 N–H and O–H groups in total. The monoisotopic (exact) mass is 410 g/mol. The first kappa shape index (κ1) is 21.6. The van der Waals surface area contributed by atoms with E-state index in [1.807, 2.05) is 19.0 Å². The molecule has 0 radical (unpaired) electrons. The van der Waals surface area contributed by atoms with E-state index in [1.54, 1.807) is 41.3 Å². The van der Waals surface area contributed by atoms with Crippen molar-refractivity contribution in [3.8, 4) is 0 Å². The van der Waals surface area contributed by atoms with Gasteiger partial charge in [-0.15, -0.1) is 0 Å². The van der Waals surface area contributed by atoms with Gasteiger partial charge < -0.3 is 9.80 Å². The Morgan fingerprint density at radius 1 is 0.933 bits per heavy atom. The molecule has 0 saturated carbocycles. The fourth-order valence-corrected chi connectivity index (χ4v) is 3.25. The van der Waals surface area contributed by atoms with E-state index in [9.17, 15) is 18.4 Å². The number of ketones is 1. The minimum Gasteiger partial charge on any atom is -0.334 e. The summed E-state index contributed by atoms with van der Waals surface area (Å²) in [6.45, 7) is 0.754. The summed E-state index contributed by atoms with van der Waals surface area (Å²) < 4.78 is 28.3. The SMILES string of the molecule is CN(C)CCC(=O)N1C/C(=C\c2ccccc2F)C(=O)/C(=C/c2ccccc2F)C1.